The zero-order chi connectivity index (χ0) is 15.4. The summed E-state index contributed by atoms with van der Waals surface area (Å²) in [6, 6.07) is 1.35. The fourth-order valence-corrected chi connectivity index (χ4v) is 2.36. The van der Waals surface area contributed by atoms with Gasteiger partial charge < -0.3 is 10.6 Å². The molecule has 0 spiro atoms. The summed E-state index contributed by atoms with van der Waals surface area (Å²) in [6.45, 7) is 2.08. The van der Waals surface area contributed by atoms with E-state index in [1.54, 1.807) is 7.05 Å². The van der Waals surface area contributed by atoms with Crippen LogP contribution in [0.5, 0.6) is 0 Å². The van der Waals surface area contributed by atoms with Gasteiger partial charge in [-0.15, -0.1) is 11.3 Å². The number of nitrogens with one attached hydrogen (secondary N) is 2. The zero-order valence-electron chi connectivity index (χ0n) is 11.4. The Morgan fingerprint density at radius 2 is 2.29 bits per heavy atom. The van der Waals surface area contributed by atoms with Gasteiger partial charge in [0.1, 0.15) is 22.6 Å². The smallest absolute Gasteiger partial charge is 0.300 e. The number of nitro groups is 1. The van der Waals surface area contributed by atoms with Crippen LogP contribution in [0.1, 0.15) is 21.1 Å². The maximum absolute atomic E-state index is 12.1. The van der Waals surface area contributed by atoms with Crippen LogP contribution in [0.4, 0.5) is 11.5 Å². The van der Waals surface area contributed by atoms with Crippen molar-refractivity contribution in [3.05, 3.63) is 44.0 Å². The third kappa shape index (κ3) is 3.51. The fourth-order valence-electron chi connectivity index (χ4n) is 1.65. The summed E-state index contributed by atoms with van der Waals surface area (Å²) in [5.74, 6) is -0.149. The molecular formula is C12H13N5O3S. The van der Waals surface area contributed by atoms with E-state index in [4.69, 9.17) is 0 Å². The number of aromatic nitrogens is 2. The molecule has 0 aromatic carbocycles. The Kier molecular flexibility index (Phi) is 4.43. The lowest BCUT2D eigenvalue weighted by Crippen LogP contribution is -2.24. The van der Waals surface area contributed by atoms with Gasteiger partial charge in [-0.25, -0.2) is 9.97 Å². The molecule has 2 aromatic heterocycles. The minimum atomic E-state index is -0.630. The number of hydrogen-bond acceptors (Lipinski definition) is 7. The third-order valence-electron chi connectivity index (χ3n) is 2.65. The Morgan fingerprint density at radius 1 is 1.52 bits per heavy atom. The van der Waals surface area contributed by atoms with Crippen molar-refractivity contribution in [2.24, 2.45) is 0 Å². The first-order valence-corrected chi connectivity index (χ1v) is 6.90. The minimum absolute atomic E-state index is 0.0346. The molecule has 2 aromatic rings. The maximum atomic E-state index is 12.1. The fraction of sp³-hybridized carbons (Fsp3) is 0.250. The van der Waals surface area contributed by atoms with Crippen molar-refractivity contribution in [1.29, 1.82) is 0 Å². The van der Waals surface area contributed by atoms with Crippen molar-refractivity contribution < 1.29 is 9.72 Å². The second-order valence-corrected chi connectivity index (χ2v) is 5.10. The molecule has 8 nitrogen and oxygen atoms in total. The number of nitrogens with zero attached hydrogens (tertiary/aromatic N) is 3. The summed E-state index contributed by atoms with van der Waals surface area (Å²) >= 11 is 1.42. The lowest BCUT2D eigenvalue weighted by Gasteiger charge is -2.06. The molecule has 1 amide bonds. The molecule has 0 saturated carbocycles. The Bertz CT molecular complexity index is 685. The van der Waals surface area contributed by atoms with E-state index < -0.39 is 10.8 Å². The van der Waals surface area contributed by atoms with Crippen LogP contribution < -0.4 is 10.6 Å². The highest BCUT2D eigenvalue weighted by molar-refractivity contribution is 7.09. The van der Waals surface area contributed by atoms with Crippen LogP contribution in [0.25, 0.3) is 0 Å². The molecule has 0 aliphatic carbocycles. The Morgan fingerprint density at radius 3 is 2.86 bits per heavy atom. The average Bonchev–Trinajstić information content (AvgIpc) is 2.89. The van der Waals surface area contributed by atoms with Crippen molar-refractivity contribution in [2.45, 2.75) is 13.5 Å². The number of hydrogen-bond donors (Lipinski definition) is 2. The number of anilines is 1. The maximum Gasteiger partial charge on any atom is 0.300 e. The normalized spacial score (nSPS) is 10.2. The van der Waals surface area contributed by atoms with Crippen LogP contribution in [0.3, 0.4) is 0 Å². The zero-order valence-corrected chi connectivity index (χ0v) is 12.2. The molecule has 2 heterocycles. The van der Waals surface area contributed by atoms with E-state index >= 15 is 0 Å². The number of carbonyl (C=O) groups excluding carboxylic acids is 1. The molecule has 110 valence electrons. The molecule has 0 fully saturated rings. The predicted molar refractivity (Wildman–Crippen MR) is 78.5 cm³/mol. The Hall–Kier alpha value is -2.55. The molecule has 2 rings (SSSR count). The summed E-state index contributed by atoms with van der Waals surface area (Å²) < 4.78 is 0. The average molecular weight is 307 g/mol. The van der Waals surface area contributed by atoms with Gasteiger partial charge in [0, 0.05) is 24.2 Å². The largest absolute Gasteiger partial charge is 0.373 e. The standard InChI is InChI=1S/C12H13N5O3S/c1-7-6-21-11(16-7)5-15-12(18)8-3-10(13-2)14-4-9(8)17(19)20/h3-4,6H,5H2,1-2H3,(H,13,14)(H,15,18). The molecular weight excluding hydrogens is 294 g/mol. The number of carbonyl (C=O) groups is 1. The number of aryl methyl sites for hydroxylation is 1. The molecule has 0 atom stereocenters. The highest BCUT2D eigenvalue weighted by Gasteiger charge is 2.21. The van der Waals surface area contributed by atoms with E-state index in [9.17, 15) is 14.9 Å². The first-order valence-electron chi connectivity index (χ1n) is 6.02. The Balaban J connectivity index is 2.19. The van der Waals surface area contributed by atoms with E-state index in [0.29, 0.717) is 5.82 Å². The van der Waals surface area contributed by atoms with Gasteiger partial charge >= 0.3 is 0 Å². The summed E-state index contributed by atoms with van der Waals surface area (Å²) in [6.07, 6.45) is 1.06. The first-order chi connectivity index (χ1) is 10.0. The molecule has 2 N–H and O–H groups in total. The van der Waals surface area contributed by atoms with Crippen molar-refractivity contribution in [2.75, 3.05) is 12.4 Å². The van der Waals surface area contributed by atoms with Crippen LogP contribution >= 0.6 is 11.3 Å². The molecule has 0 saturated heterocycles. The molecule has 0 bridgehead atoms. The lowest BCUT2D eigenvalue weighted by atomic mass is 10.2. The van der Waals surface area contributed by atoms with Gasteiger partial charge in [-0.1, -0.05) is 0 Å². The molecule has 0 aliphatic rings. The molecule has 21 heavy (non-hydrogen) atoms. The monoisotopic (exact) mass is 307 g/mol. The number of amides is 1. The van der Waals surface area contributed by atoms with Crippen LogP contribution in [0.15, 0.2) is 17.6 Å². The van der Waals surface area contributed by atoms with Crippen LogP contribution in [-0.4, -0.2) is 27.8 Å². The van der Waals surface area contributed by atoms with Crippen molar-refractivity contribution >= 4 is 28.7 Å². The molecule has 0 aliphatic heterocycles. The van der Waals surface area contributed by atoms with Gasteiger partial charge in [0.05, 0.1) is 11.5 Å². The van der Waals surface area contributed by atoms with Gasteiger partial charge in [0.2, 0.25) is 0 Å². The van der Waals surface area contributed by atoms with Crippen LogP contribution in [0, 0.1) is 17.0 Å². The summed E-state index contributed by atoms with van der Waals surface area (Å²) in [4.78, 5) is 30.5. The van der Waals surface area contributed by atoms with Gasteiger partial charge in [-0.05, 0) is 6.92 Å². The highest BCUT2D eigenvalue weighted by Crippen LogP contribution is 2.20. The topological polar surface area (TPSA) is 110 Å². The molecule has 0 radical (unpaired) electrons. The van der Waals surface area contributed by atoms with Gasteiger partial charge in [-0.3, -0.25) is 14.9 Å². The minimum Gasteiger partial charge on any atom is -0.373 e. The second kappa shape index (κ2) is 6.27. The van der Waals surface area contributed by atoms with Gasteiger partial charge in [0.25, 0.3) is 11.6 Å². The summed E-state index contributed by atoms with van der Waals surface area (Å²) in [5, 5.41) is 18.9. The van der Waals surface area contributed by atoms with Crippen molar-refractivity contribution in [3.8, 4) is 0 Å². The van der Waals surface area contributed by atoms with Crippen LogP contribution in [-0.2, 0) is 6.54 Å². The van der Waals surface area contributed by atoms with E-state index in [1.165, 1.54) is 17.4 Å². The number of rotatable bonds is 5. The second-order valence-electron chi connectivity index (χ2n) is 4.16. The van der Waals surface area contributed by atoms with Crippen LogP contribution in [0.2, 0.25) is 0 Å². The highest BCUT2D eigenvalue weighted by atomic mass is 32.1. The van der Waals surface area contributed by atoms with Gasteiger partial charge in [0.15, 0.2) is 0 Å². The summed E-state index contributed by atoms with van der Waals surface area (Å²) in [7, 11) is 1.62. The molecule has 0 unspecified atom stereocenters. The number of pyridine rings is 1. The molecule has 9 heteroatoms. The first kappa shape index (κ1) is 14.9. The van der Waals surface area contributed by atoms with E-state index in [0.717, 1.165) is 16.9 Å². The number of thiazole rings is 1. The van der Waals surface area contributed by atoms with E-state index in [-0.39, 0.29) is 17.8 Å². The lowest BCUT2D eigenvalue weighted by molar-refractivity contribution is -0.385. The van der Waals surface area contributed by atoms with E-state index in [1.807, 2.05) is 12.3 Å². The van der Waals surface area contributed by atoms with E-state index in [2.05, 4.69) is 20.6 Å². The van der Waals surface area contributed by atoms with Crippen molar-refractivity contribution in [3.63, 3.8) is 0 Å². The summed E-state index contributed by atoms with van der Waals surface area (Å²) in [5.41, 5.74) is 0.506. The van der Waals surface area contributed by atoms with Gasteiger partial charge in [-0.2, -0.15) is 0 Å². The third-order valence-corrected chi connectivity index (χ3v) is 3.61. The SMILES string of the molecule is CNc1cc(C(=O)NCc2nc(C)cs2)c([N+](=O)[O-])cn1. The quantitative estimate of drug-likeness (QED) is 0.643. The van der Waals surface area contributed by atoms with Crippen molar-refractivity contribution in [1.82, 2.24) is 15.3 Å². The Labute approximate surface area is 124 Å². The predicted octanol–water partition coefficient (Wildman–Crippen LogP) is 1.73.